The topological polar surface area (TPSA) is 42.9 Å². The van der Waals surface area contributed by atoms with Crippen LogP contribution in [0.25, 0.3) is 0 Å². The van der Waals surface area contributed by atoms with Gasteiger partial charge in [-0.15, -0.1) is 0 Å². The Labute approximate surface area is 119 Å². The predicted molar refractivity (Wildman–Crippen MR) is 70.9 cm³/mol. The minimum atomic E-state index is -4.44. The molecule has 0 aliphatic heterocycles. The summed E-state index contributed by atoms with van der Waals surface area (Å²) >= 11 is 0. The molecule has 0 fully saturated rings. The van der Waals surface area contributed by atoms with Gasteiger partial charge in [0, 0.05) is 18.3 Å². The molecular weight excluding hydrogens is 281 g/mol. The number of hydrogen-bond acceptors (Lipinski definition) is 3. The summed E-state index contributed by atoms with van der Waals surface area (Å²) in [6, 6.07) is 7.42. The summed E-state index contributed by atoms with van der Waals surface area (Å²) in [6.45, 7) is 1.79. The highest BCUT2D eigenvalue weighted by Gasteiger charge is 2.31. The van der Waals surface area contributed by atoms with Gasteiger partial charge in [-0.05, 0) is 37.1 Å². The molecule has 0 spiro atoms. The first-order valence-corrected chi connectivity index (χ1v) is 6.35. The van der Waals surface area contributed by atoms with Crippen molar-refractivity contribution in [1.82, 2.24) is 9.97 Å². The number of alkyl halides is 3. The zero-order valence-corrected chi connectivity index (χ0v) is 11.3. The Morgan fingerprint density at radius 1 is 1.19 bits per heavy atom. The number of halogens is 3. The van der Waals surface area contributed by atoms with Crippen LogP contribution >= 0.6 is 0 Å². The average molecular weight is 294 g/mol. The second-order valence-electron chi connectivity index (χ2n) is 4.64. The standard InChI is InChI=1S/C15H13F3N2O/c1-10-3-2-4-12(20-10)13(21)7-5-11-6-8-14(19-9-11)15(16,17)18/h2-4,6,8-9H,5,7H2,1H3. The van der Waals surface area contributed by atoms with Crippen LogP contribution in [0.3, 0.4) is 0 Å². The molecule has 0 saturated carbocycles. The van der Waals surface area contributed by atoms with Gasteiger partial charge in [0.15, 0.2) is 5.78 Å². The summed E-state index contributed by atoms with van der Waals surface area (Å²) in [6.07, 6.45) is -2.78. The second-order valence-corrected chi connectivity index (χ2v) is 4.64. The predicted octanol–water partition coefficient (Wildman–Crippen LogP) is 3.62. The number of aromatic nitrogens is 2. The van der Waals surface area contributed by atoms with Gasteiger partial charge < -0.3 is 0 Å². The quantitative estimate of drug-likeness (QED) is 0.809. The highest BCUT2D eigenvalue weighted by atomic mass is 19.4. The Balaban J connectivity index is 1.98. The van der Waals surface area contributed by atoms with Crippen molar-refractivity contribution in [2.24, 2.45) is 0 Å². The highest BCUT2D eigenvalue weighted by molar-refractivity contribution is 5.94. The minimum absolute atomic E-state index is 0.140. The van der Waals surface area contributed by atoms with E-state index in [1.807, 2.05) is 0 Å². The molecule has 2 aromatic rings. The molecule has 0 aliphatic carbocycles. The minimum Gasteiger partial charge on any atom is -0.292 e. The molecule has 0 N–H and O–H groups in total. The lowest BCUT2D eigenvalue weighted by molar-refractivity contribution is -0.141. The monoisotopic (exact) mass is 294 g/mol. The average Bonchev–Trinajstić information content (AvgIpc) is 2.44. The van der Waals surface area contributed by atoms with E-state index in [2.05, 4.69) is 9.97 Å². The van der Waals surface area contributed by atoms with Gasteiger partial charge in [-0.25, -0.2) is 0 Å². The van der Waals surface area contributed by atoms with Gasteiger partial charge in [-0.1, -0.05) is 12.1 Å². The van der Waals surface area contributed by atoms with E-state index in [0.29, 0.717) is 17.7 Å². The van der Waals surface area contributed by atoms with Crippen LogP contribution in [0.2, 0.25) is 0 Å². The van der Waals surface area contributed by atoms with Gasteiger partial charge in [0.25, 0.3) is 0 Å². The summed E-state index contributed by atoms with van der Waals surface area (Å²) in [4.78, 5) is 19.4. The Morgan fingerprint density at radius 3 is 2.52 bits per heavy atom. The molecule has 0 radical (unpaired) electrons. The van der Waals surface area contributed by atoms with E-state index in [1.54, 1.807) is 25.1 Å². The van der Waals surface area contributed by atoms with Crippen LogP contribution in [0.5, 0.6) is 0 Å². The van der Waals surface area contributed by atoms with Crippen LogP contribution in [-0.4, -0.2) is 15.8 Å². The summed E-state index contributed by atoms with van der Waals surface area (Å²) in [5.74, 6) is -0.140. The van der Waals surface area contributed by atoms with Gasteiger partial charge in [0.2, 0.25) is 0 Å². The Bertz CT molecular complexity index is 636. The lowest BCUT2D eigenvalue weighted by Crippen LogP contribution is -2.08. The molecule has 2 heterocycles. The molecule has 0 unspecified atom stereocenters. The molecule has 6 heteroatoms. The van der Waals surface area contributed by atoms with Gasteiger partial charge in [0.1, 0.15) is 11.4 Å². The lowest BCUT2D eigenvalue weighted by Gasteiger charge is -2.06. The van der Waals surface area contributed by atoms with Gasteiger partial charge in [-0.3, -0.25) is 14.8 Å². The van der Waals surface area contributed by atoms with E-state index >= 15 is 0 Å². The number of ketones is 1. The molecule has 21 heavy (non-hydrogen) atoms. The van der Waals surface area contributed by atoms with Crippen LogP contribution in [0, 0.1) is 6.92 Å². The van der Waals surface area contributed by atoms with Crippen molar-refractivity contribution >= 4 is 5.78 Å². The van der Waals surface area contributed by atoms with Crippen LogP contribution < -0.4 is 0 Å². The van der Waals surface area contributed by atoms with Crippen molar-refractivity contribution in [2.45, 2.75) is 25.9 Å². The molecule has 0 aromatic carbocycles. The highest BCUT2D eigenvalue weighted by Crippen LogP contribution is 2.27. The number of hydrogen-bond donors (Lipinski definition) is 0. The third kappa shape index (κ3) is 4.11. The van der Waals surface area contributed by atoms with Gasteiger partial charge in [0.05, 0.1) is 0 Å². The fourth-order valence-electron chi connectivity index (χ4n) is 1.82. The van der Waals surface area contributed by atoms with Crippen molar-refractivity contribution in [3.05, 3.63) is 59.2 Å². The summed E-state index contributed by atoms with van der Waals surface area (Å²) in [5.41, 5.74) is 0.772. The molecule has 0 atom stereocenters. The maximum Gasteiger partial charge on any atom is 0.433 e. The number of carbonyl (C=O) groups excluding carboxylic acids is 1. The maximum absolute atomic E-state index is 12.4. The fourth-order valence-corrected chi connectivity index (χ4v) is 1.82. The SMILES string of the molecule is Cc1cccc(C(=O)CCc2ccc(C(F)(F)F)nc2)n1. The number of Topliss-reactive ketones (excluding diaryl/α,β-unsaturated/α-hetero) is 1. The smallest absolute Gasteiger partial charge is 0.292 e. The number of rotatable bonds is 4. The summed E-state index contributed by atoms with van der Waals surface area (Å²) in [7, 11) is 0. The van der Waals surface area contributed by atoms with Crippen LogP contribution in [0.4, 0.5) is 13.2 Å². The molecule has 0 amide bonds. The molecule has 110 valence electrons. The number of aryl methyl sites for hydroxylation is 2. The zero-order valence-electron chi connectivity index (χ0n) is 11.3. The van der Waals surface area contributed by atoms with Gasteiger partial charge in [-0.2, -0.15) is 13.2 Å². The first-order valence-electron chi connectivity index (χ1n) is 6.35. The number of nitrogens with zero attached hydrogens (tertiary/aromatic N) is 2. The van der Waals surface area contributed by atoms with Crippen molar-refractivity contribution in [1.29, 1.82) is 0 Å². The first-order chi connectivity index (χ1) is 9.86. The maximum atomic E-state index is 12.4. The number of carbonyl (C=O) groups is 1. The molecule has 2 aromatic heterocycles. The van der Waals surface area contributed by atoms with Crippen molar-refractivity contribution < 1.29 is 18.0 Å². The summed E-state index contributed by atoms with van der Waals surface area (Å²) < 4.78 is 37.1. The zero-order chi connectivity index (χ0) is 15.5. The first kappa shape index (κ1) is 15.2. The normalized spacial score (nSPS) is 11.4. The van der Waals surface area contributed by atoms with Crippen molar-refractivity contribution in [3.8, 4) is 0 Å². The third-order valence-electron chi connectivity index (χ3n) is 2.93. The molecule has 0 bridgehead atoms. The van der Waals surface area contributed by atoms with E-state index in [1.165, 1.54) is 6.07 Å². The van der Waals surface area contributed by atoms with E-state index in [0.717, 1.165) is 18.0 Å². The molecule has 0 saturated heterocycles. The molecule has 0 aliphatic rings. The van der Waals surface area contributed by atoms with Crippen molar-refractivity contribution in [2.75, 3.05) is 0 Å². The fraction of sp³-hybridized carbons (Fsp3) is 0.267. The third-order valence-corrected chi connectivity index (χ3v) is 2.93. The second kappa shape index (κ2) is 6.03. The summed E-state index contributed by atoms with van der Waals surface area (Å²) in [5, 5.41) is 0. The van der Waals surface area contributed by atoms with E-state index in [9.17, 15) is 18.0 Å². The Hall–Kier alpha value is -2.24. The Morgan fingerprint density at radius 2 is 1.95 bits per heavy atom. The number of pyridine rings is 2. The lowest BCUT2D eigenvalue weighted by atomic mass is 10.1. The van der Waals surface area contributed by atoms with E-state index < -0.39 is 11.9 Å². The van der Waals surface area contributed by atoms with Crippen LogP contribution in [-0.2, 0) is 12.6 Å². The van der Waals surface area contributed by atoms with Crippen LogP contribution in [0.1, 0.15) is 33.9 Å². The van der Waals surface area contributed by atoms with E-state index in [4.69, 9.17) is 0 Å². The molecule has 2 rings (SSSR count). The van der Waals surface area contributed by atoms with E-state index in [-0.39, 0.29) is 12.2 Å². The Kier molecular flexibility index (Phi) is 4.35. The van der Waals surface area contributed by atoms with Crippen LogP contribution in [0.15, 0.2) is 36.5 Å². The molecular formula is C15H13F3N2O. The molecule has 3 nitrogen and oxygen atoms in total. The van der Waals surface area contributed by atoms with Crippen molar-refractivity contribution in [3.63, 3.8) is 0 Å². The van der Waals surface area contributed by atoms with Gasteiger partial charge >= 0.3 is 6.18 Å². The largest absolute Gasteiger partial charge is 0.433 e.